The van der Waals surface area contributed by atoms with E-state index in [1.807, 2.05) is 30.3 Å². The predicted molar refractivity (Wildman–Crippen MR) is 96.7 cm³/mol. The fourth-order valence-corrected chi connectivity index (χ4v) is 2.26. The largest absolute Gasteiger partial charge is 0.457 e. The first-order valence-corrected chi connectivity index (χ1v) is 7.78. The number of halogens is 1. The molecule has 0 saturated heterocycles. The van der Waals surface area contributed by atoms with E-state index in [9.17, 15) is 9.18 Å². The molecule has 0 saturated carbocycles. The fraction of sp³-hybridized carbons (Fsp3) is 0.0500. The Morgan fingerprint density at radius 3 is 2.24 bits per heavy atom. The number of hydrogen-bond donors (Lipinski definition) is 2. The van der Waals surface area contributed by atoms with Gasteiger partial charge in [-0.1, -0.05) is 24.3 Å². The molecule has 0 heterocycles. The number of ether oxygens (including phenoxy) is 1. The lowest BCUT2D eigenvalue weighted by molar-refractivity contribution is 0.262. The maximum absolute atomic E-state index is 13.5. The van der Waals surface area contributed by atoms with Crippen molar-refractivity contribution in [2.45, 2.75) is 6.92 Å². The topological polar surface area (TPSA) is 50.4 Å². The Labute approximate surface area is 145 Å². The van der Waals surface area contributed by atoms with E-state index >= 15 is 0 Å². The second-order valence-corrected chi connectivity index (χ2v) is 5.43. The minimum Gasteiger partial charge on any atom is -0.457 e. The molecule has 0 aromatic heterocycles. The Bertz CT molecular complexity index is 865. The van der Waals surface area contributed by atoms with Gasteiger partial charge in [-0.25, -0.2) is 9.18 Å². The van der Waals surface area contributed by atoms with Crippen molar-refractivity contribution in [1.82, 2.24) is 0 Å². The van der Waals surface area contributed by atoms with Crippen molar-refractivity contribution < 1.29 is 13.9 Å². The summed E-state index contributed by atoms with van der Waals surface area (Å²) in [5.41, 5.74) is 1.43. The lowest BCUT2D eigenvalue weighted by Gasteiger charge is -2.11. The molecule has 0 radical (unpaired) electrons. The summed E-state index contributed by atoms with van der Waals surface area (Å²) in [6.45, 7) is 1.61. The van der Waals surface area contributed by atoms with Crippen molar-refractivity contribution in [2.24, 2.45) is 0 Å². The SMILES string of the molecule is Cc1c(F)cccc1NC(=O)Nc1ccc(Oc2ccccc2)cc1. The number of anilines is 2. The molecule has 0 bridgehead atoms. The summed E-state index contributed by atoms with van der Waals surface area (Å²) in [6.07, 6.45) is 0. The average molecular weight is 336 g/mol. The Kier molecular flexibility index (Phi) is 4.95. The lowest BCUT2D eigenvalue weighted by atomic mass is 10.2. The zero-order valence-corrected chi connectivity index (χ0v) is 13.6. The highest BCUT2D eigenvalue weighted by Gasteiger charge is 2.07. The van der Waals surface area contributed by atoms with Crippen molar-refractivity contribution >= 4 is 17.4 Å². The minimum atomic E-state index is -0.439. The van der Waals surface area contributed by atoms with Crippen LogP contribution in [0.25, 0.3) is 0 Å². The summed E-state index contributed by atoms with van der Waals surface area (Å²) >= 11 is 0. The molecule has 0 fully saturated rings. The highest BCUT2D eigenvalue weighted by atomic mass is 19.1. The highest BCUT2D eigenvalue weighted by Crippen LogP contribution is 2.23. The number of rotatable bonds is 4. The molecular formula is C20H17FN2O2. The number of carbonyl (C=O) groups excluding carboxylic acids is 1. The van der Waals surface area contributed by atoms with Crippen LogP contribution in [0.4, 0.5) is 20.6 Å². The first-order chi connectivity index (χ1) is 12.1. The van der Waals surface area contributed by atoms with Gasteiger partial charge in [0.15, 0.2) is 0 Å². The molecule has 5 heteroatoms. The van der Waals surface area contributed by atoms with Crippen LogP contribution in [0, 0.1) is 12.7 Å². The molecule has 25 heavy (non-hydrogen) atoms. The van der Waals surface area contributed by atoms with Gasteiger partial charge in [0.25, 0.3) is 0 Å². The molecule has 3 aromatic carbocycles. The third kappa shape index (κ3) is 4.35. The molecule has 0 aliphatic heterocycles. The highest BCUT2D eigenvalue weighted by molar-refractivity contribution is 6.00. The molecular weight excluding hydrogens is 319 g/mol. The van der Waals surface area contributed by atoms with Crippen LogP contribution < -0.4 is 15.4 Å². The standard InChI is InChI=1S/C20H17FN2O2/c1-14-18(21)8-5-9-19(14)23-20(24)22-15-10-12-17(13-11-15)25-16-6-3-2-4-7-16/h2-13H,1H3,(H2,22,23,24). The first-order valence-electron chi connectivity index (χ1n) is 7.78. The van der Waals surface area contributed by atoms with Crippen molar-refractivity contribution in [3.8, 4) is 11.5 Å². The van der Waals surface area contributed by atoms with Crippen LogP contribution in [0.2, 0.25) is 0 Å². The molecule has 2 N–H and O–H groups in total. The van der Waals surface area contributed by atoms with E-state index in [1.165, 1.54) is 6.07 Å². The maximum atomic E-state index is 13.5. The number of carbonyl (C=O) groups is 1. The fourth-order valence-electron chi connectivity index (χ4n) is 2.26. The van der Waals surface area contributed by atoms with Crippen LogP contribution in [0.1, 0.15) is 5.56 Å². The third-order valence-electron chi connectivity index (χ3n) is 3.61. The quantitative estimate of drug-likeness (QED) is 0.654. The van der Waals surface area contributed by atoms with E-state index in [1.54, 1.807) is 43.3 Å². The summed E-state index contributed by atoms with van der Waals surface area (Å²) in [5, 5.41) is 5.33. The smallest absolute Gasteiger partial charge is 0.323 e. The number of para-hydroxylation sites is 1. The van der Waals surface area contributed by atoms with Gasteiger partial charge >= 0.3 is 6.03 Å². The van der Waals surface area contributed by atoms with Crippen molar-refractivity contribution in [1.29, 1.82) is 0 Å². The van der Waals surface area contributed by atoms with Gasteiger partial charge in [-0.05, 0) is 55.5 Å². The van der Waals surface area contributed by atoms with Gasteiger partial charge in [-0.3, -0.25) is 0 Å². The Hall–Kier alpha value is -3.34. The molecule has 4 nitrogen and oxygen atoms in total. The summed E-state index contributed by atoms with van der Waals surface area (Å²) in [7, 11) is 0. The maximum Gasteiger partial charge on any atom is 0.323 e. The number of hydrogen-bond acceptors (Lipinski definition) is 2. The Morgan fingerprint density at radius 2 is 1.52 bits per heavy atom. The normalized spacial score (nSPS) is 10.2. The number of benzene rings is 3. The Balaban J connectivity index is 1.61. The summed E-state index contributed by atoms with van der Waals surface area (Å²) in [4.78, 5) is 12.0. The van der Waals surface area contributed by atoms with Gasteiger partial charge < -0.3 is 15.4 Å². The molecule has 3 rings (SSSR count). The van der Waals surface area contributed by atoms with Gasteiger partial charge in [0.2, 0.25) is 0 Å². The molecule has 0 aliphatic carbocycles. The second kappa shape index (κ2) is 7.49. The van der Waals surface area contributed by atoms with Gasteiger partial charge in [0, 0.05) is 16.9 Å². The molecule has 0 unspecified atom stereocenters. The van der Waals surface area contributed by atoms with E-state index in [0.717, 1.165) is 5.75 Å². The van der Waals surface area contributed by atoms with Crippen LogP contribution in [-0.2, 0) is 0 Å². The second-order valence-electron chi connectivity index (χ2n) is 5.43. The number of amides is 2. The van der Waals surface area contributed by atoms with Crippen molar-refractivity contribution in [3.05, 3.63) is 84.2 Å². The summed E-state index contributed by atoms with van der Waals surface area (Å²) < 4.78 is 19.2. The molecule has 3 aromatic rings. The number of urea groups is 1. The molecule has 0 atom stereocenters. The van der Waals surface area contributed by atoms with Gasteiger partial charge in [0.1, 0.15) is 17.3 Å². The van der Waals surface area contributed by atoms with Crippen molar-refractivity contribution in [2.75, 3.05) is 10.6 Å². The van der Waals surface area contributed by atoms with Gasteiger partial charge in [0.05, 0.1) is 0 Å². The molecule has 0 spiro atoms. The lowest BCUT2D eigenvalue weighted by Crippen LogP contribution is -2.20. The predicted octanol–water partition coefficient (Wildman–Crippen LogP) is 5.57. The number of nitrogens with one attached hydrogen (secondary N) is 2. The van der Waals surface area contributed by atoms with E-state index in [4.69, 9.17) is 4.74 Å². The zero-order valence-electron chi connectivity index (χ0n) is 13.6. The van der Waals surface area contributed by atoms with E-state index in [-0.39, 0.29) is 5.82 Å². The van der Waals surface area contributed by atoms with E-state index < -0.39 is 6.03 Å². The Morgan fingerprint density at radius 1 is 0.840 bits per heavy atom. The van der Waals surface area contributed by atoms with Crippen LogP contribution in [0.15, 0.2) is 72.8 Å². The monoisotopic (exact) mass is 336 g/mol. The van der Waals surface area contributed by atoms with Crippen LogP contribution in [-0.4, -0.2) is 6.03 Å². The zero-order chi connectivity index (χ0) is 17.6. The van der Waals surface area contributed by atoms with Crippen LogP contribution >= 0.6 is 0 Å². The summed E-state index contributed by atoms with van der Waals surface area (Å²) in [5.74, 6) is 1.04. The molecule has 126 valence electrons. The summed E-state index contributed by atoms with van der Waals surface area (Å²) in [6, 6.07) is 20.5. The molecule has 0 aliphatic rings. The molecule has 2 amide bonds. The van der Waals surface area contributed by atoms with Gasteiger partial charge in [-0.2, -0.15) is 0 Å². The van der Waals surface area contributed by atoms with E-state index in [0.29, 0.717) is 22.7 Å². The first kappa shape index (κ1) is 16.5. The average Bonchev–Trinajstić information content (AvgIpc) is 2.62. The van der Waals surface area contributed by atoms with Gasteiger partial charge in [-0.15, -0.1) is 0 Å². The van der Waals surface area contributed by atoms with E-state index in [2.05, 4.69) is 10.6 Å². The van der Waals surface area contributed by atoms with Crippen molar-refractivity contribution in [3.63, 3.8) is 0 Å². The third-order valence-corrected chi connectivity index (χ3v) is 3.61. The van der Waals surface area contributed by atoms with Crippen LogP contribution in [0.3, 0.4) is 0 Å². The van der Waals surface area contributed by atoms with Crippen LogP contribution in [0.5, 0.6) is 11.5 Å². The minimum absolute atomic E-state index is 0.361.